The smallest absolute Gasteiger partial charge is 0.414 e. The Morgan fingerprint density at radius 2 is 2.12 bits per heavy atom. The maximum Gasteiger partial charge on any atom is 0.414 e. The van der Waals surface area contributed by atoms with Crippen molar-refractivity contribution in [3.05, 3.63) is 29.8 Å². The van der Waals surface area contributed by atoms with Crippen LogP contribution in [0.25, 0.3) is 0 Å². The van der Waals surface area contributed by atoms with E-state index in [-0.39, 0.29) is 23.5 Å². The highest BCUT2D eigenvalue weighted by Crippen LogP contribution is 2.59. The molecule has 0 spiro atoms. The van der Waals surface area contributed by atoms with Gasteiger partial charge < -0.3 is 15.2 Å². The van der Waals surface area contributed by atoms with Gasteiger partial charge in [-0.05, 0) is 37.0 Å². The molecule has 7 heteroatoms. The van der Waals surface area contributed by atoms with Crippen molar-refractivity contribution in [2.45, 2.75) is 38.0 Å². The van der Waals surface area contributed by atoms with Gasteiger partial charge in [0.15, 0.2) is 0 Å². The first-order chi connectivity index (χ1) is 12.4. The molecule has 0 aromatic heterocycles. The van der Waals surface area contributed by atoms with E-state index in [9.17, 15) is 14.7 Å². The molecule has 2 heterocycles. The second-order valence-electron chi connectivity index (χ2n) is 7.72. The number of ether oxygens (including phenoxy) is 1. The van der Waals surface area contributed by atoms with E-state index in [1.807, 2.05) is 19.1 Å². The number of carbonyl (C=O) groups is 2. The van der Waals surface area contributed by atoms with Gasteiger partial charge in [0.25, 0.3) is 0 Å². The van der Waals surface area contributed by atoms with Crippen LogP contribution in [-0.2, 0) is 14.9 Å². The summed E-state index contributed by atoms with van der Waals surface area (Å²) in [6.45, 7) is 5.86. The van der Waals surface area contributed by atoms with Crippen LogP contribution >= 0.6 is 0 Å². The average molecular weight is 359 g/mol. The number of hydrogen-bond donors (Lipinski definition) is 2. The Kier molecular flexibility index (Phi) is 4.16. The third-order valence-electron chi connectivity index (χ3n) is 5.91. The van der Waals surface area contributed by atoms with E-state index in [4.69, 9.17) is 4.74 Å². The molecule has 0 bridgehead atoms. The minimum Gasteiger partial charge on any atom is -0.442 e. The van der Waals surface area contributed by atoms with Crippen LogP contribution in [0.3, 0.4) is 0 Å². The van der Waals surface area contributed by atoms with E-state index in [0.717, 1.165) is 18.8 Å². The van der Waals surface area contributed by atoms with Gasteiger partial charge in [0.05, 0.1) is 13.1 Å². The molecule has 7 nitrogen and oxygen atoms in total. The highest BCUT2D eigenvalue weighted by atomic mass is 16.6. The number of benzene rings is 1. The van der Waals surface area contributed by atoms with E-state index < -0.39 is 6.23 Å². The fourth-order valence-corrected chi connectivity index (χ4v) is 4.32. The summed E-state index contributed by atoms with van der Waals surface area (Å²) < 4.78 is 5.32. The first-order valence-corrected chi connectivity index (χ1v) is 9.14. The molecule has 2 N–H and O–H groups in total. The second kappa shape index (κ2) is 6.25. The van der Waals surface area contributed by atoms with Crippen molar-refractivity contribution in [3.8, 4) is 0 Å². The number of rotatable bonds is 5. The van der Waals surface area contributed by atoms with Crippen molar-refractivity contribution in [1.82, 2.24) is 10.2 Å². The fraction of sp³-hybridized carbons (Fsp3) is 0.579. The number of cyclic esters (lactones) is 1. The van der Waals surface area contributed by atoms with Crippen molar-refractivity contribution in [1.29, 1.82) is 0 Å². The third-order valence-corrected chi connectivity index (χ3v) is 5.91. The zero-order valence-corrected chi connectivity index (χ0v) is 15.1. The number of piperidine rings is 1. The zero-order chi connectivity index (χ0) is 18.5. The van der Waals surface area contributed by atoms with Crippen molar-refractivity contribution in [3.63, 3.8) is 0 Å². The zero-order valence-electron chi connectivity index (χ0n) is 15.1. The first kappa shape index (κ1) is 17.3. The number of carbonyl (C=O) groups excluding carboxylic acids is 2. The third kappa shape index (κ3) is 2.95. The second-order valence-corrected chi connectivity index (χ2v) is 7.72. The lowest BCUT2D eigenvalue weighted by atomic mass is 9.94. The molecule has 2 saturated heterocycles. The number of likely N-dealkylation sites (tertiary alicyclic amines) is 1. The fourth-order valence-electron chi connectivity index (χ4n) is 4.32. The number of hydrogen-bond acceptors (Lipinski definition) is 5. The van der Waals surface area contributed by atoms with Gasteiger partial charge in [0.2, 0.25) is 5.91 Å². The Morgan fingerprint density at radius 1 is 1.38 bits per heavy atom. The number of anilines is 1. The Balaban J connectivity index is 1.43. The summed E-state index contributed by atoms with van der Waals surface area (Å²) in [6, 6.07) is 8.11. The summed E-state index contributed by atoms with van der Waals surface area (Å²) in [5, 5.41) is 12.5. The standard InChI is InChI=1S/C19H25N3O4/c1-12(23)20-8-17-10-22(18(25)26-17)16-5-3-14(4-6-16)19-7-15(19)9-21(11-19)13(2)24/h3-6,13,15,17,24H,7-11H2,1-2H3,(H,20,23). The van der Waals surface area contributed by atoms with Gasteiger partial charge in [-0.25, -0.2) is 4.79 Å². The molecule has 1 aromatic carbocycles. The molecule has 1 aromatic rings. The van der Waals surface area contributed by atoms with Gasteiger partial charge in [-0.1, -0.05) is 12.1 Å². The Bertz CT molecular complexity index is 720. The molecule has 26 heavy (non-hydrogen) atoms. The lowest BCUT2D eigenvalue weighted by Gasteiger charge is -2.24. The topological polar surface area (TPSA) is 82.1 Å². The summed E-state index contributed by atoms with van der Waals surface area (Å²) in [5.41, 5.74) is 2.24. The summed E-state index contributed by atoms with van der Waals surface area (Å²) in [7, 11) is 0. The van der Waals surface area contributed by atoms with Crippen molar-refractivity contribution in [2.75, 3.05) is 31.1 Å². The summed E-state index contributed by atoms with van der Waals surface area (Å²) in [5.74, 6) is 0.478. The predicted octanol–water partition coefficient (Wildman–Crippen LogP) is 1.06. The van der Waals surface area contributed by atoms with Crippen LogP contribution in [0.15, 0.2) is 24.3 Å². The minimum atomic E-state index is -0.404. The molecular weight excluding hydrogens is 334 g/mol. The number of aliphatic hydroxyl groups is 1. The molecule has 140 valence electrons. The van der Waals surface area contributed by atoms with E-state index in [2.05, 4.69) is 22.3 Å². The molecule has 4 rings (SSSR count). The van der Waals surface area contributed by atoms with Crippen LogP contribution in [0.5, 0.6) is 0 Å². The average Bonchev–Trinajstić information content (AvgIpc) is 2.98. The SMILES string of the molecule is CC(=O)NCC1CN(c2ccc(C34CC3CN(C(C)O)C4)cc2)C(=O)O1. The maximum atomic E-state index is 12.1. The Morgan fingerprint density at radius 3 is 2.73 bits per heavy atom. The molecule has 3 aliphatic rings. The minimum absolute atomic E-state index is 0.134. The molecule has 4 unspecified atom stereocenters. The number of fused-ring (bicyclic) bond motifs is 1. The Hall–Kier alpha value is -2.12. The van der Waals surface area contributed by atoms with Crippen molar-refractivity contribution in [2.24, 2.45) is 5.92 Å². The largest absolute Gasteiger partial charge is 0.442 e. The first-order valence-electron chi connectivity index (χ1n) is 9.14. The highest BCUT2D eigenvalue weighted by molar-refractivity contribution is 5.89. The number of amides is 2. The van der Waals surface area contributed by atoms with Gasteiger partial charge in [-0.3, -0.25) is 14.6 Å². The molecular formula is C19H25N3O4. The summed E-state index contributed by atoms with van der Waals surface area (Å²) in [4.78, 5) is 26.9. The maximum absolute atomic E-state index is 12.1. The van der Waals surface area contributed by atoms with Crippen LogP contribution in [0, 0.1) is 5.92 Å². The number of aliphatic hydroxyl groups excluding tert-OH is 1. The van der Waals surface area contributed by atoms with E-state index in [1.165, 1.54) is 18.9 Å². The summed E-state index contributed by atoms with van der Waals surface area (Å²) >= 11 is 0. The highest BCUT2D eigenvalue weighted by Gasteiger charge is 2.61. The normalized spacial score (nSPS) is 31.5. The van der Waals surface area contributed by atoms with Crippen LogP contribution in [-0.4, -0.2) is 60.5 Å². The lowest BCUT2D eigenvalue weighted by Crippen LogP contribution is -2.34. The van der Waals surface area contributed by atoms with Gasteiger partial charge in [-0.15, -0.1) is 0 Å². The summed E-state index contributed by atoms with van der Waals surface area (Å²) in [6.07, 6.45) is 0.0580. The number of nitrogens with zero attached hydrogens (tertiary/aromatic N) is 2. The van der Waals surface area contributed by atoms with E-state index in [0.29, 0.717) is 19.0 Å². The van der Waals surface area contributed by atoms with Crippen LogP contribution in [0.4, 0.5) is 10.5 Å². The molecule has 0 radical (unpaired) electrons. The van der Waals surface area contributed by atoms with Crippen molar-refractivity contribution >= 4 is 17.7 Å². The van der Waals surface area contributed by atoms with Crippen molar-refractivity contribution < 1.29 is 19.4 Å². The van der Waals surface area contributed by atoms with Gasteiger partial charge in [0, 0.05) is 31.1 Å². The van der Waals surface area contributed by atoms with E-state index in [1.54, 1.807) is 4.90 Å². The predicted molar refractivity (Wildman–Crippen MR) is 95.8 cm³/mol. The van der Waals surface area contributed by atoms with Gasteiger partial charge >= 0.3 is 6.09 Å². The molecule has 3 fully saturated rings. The Labute approximate surface area is 152 Å². The molecule has 2 aliphatic heterocycles. The number of nitrogens with one attached hydrogen (secondary N) is 1. The molecule has 4 atom stereocenters. The van der Waals surface area contributed by atoms with Gasteiger partial charge in [0.1, 0.15) is 12.3 Å². The van der Waals surface area contributed by atoms with Crippen LogP contribution < -0.4 is 10.2 Å². The molecule has 1 aliphatic carbocycles. The molecule has 2 amide bonds. The lowest BCUT2D eigenvalue weighted by molar-refractivity contribution is -0.119. The van der Waals surface area contributed by atoms with E-state index >= 15 is 0 Å². The van der Waals surface area contributed by atoms with Crippen LogP contribution in [0.1, 0.15) is 25.8 Å². The van der Waals surface area contributed by atoms with Crippen LogP contribution in [0.2, 0.25) is 0 Å². The molecule has 1 saturated carbocycles. The monoisotopic (exact) mass is 359 g/mol. The van der Waals surface area contributed by atoms with Gasteiger partial charge in [-0.2, -0.15) is 0 Å². The quantitative estimate of drug-likeness (QED) is 0.822.